The molecule has 0 bridgehead atoms. The van der Waals surface area contributed by atoms with E-state index in [2.05, 4.69) is 31.5 Å². The highest BCUT2D eigenvalue weighted by Crippen LogP contribution is 2.26. The Morgan fingerprint density at radius 1 is 1.14 bits per heavy atom. The molecule has 0 unspecified atom stereocenters. The molecular formula is C22H28N6O. The number of likely N-dealkylation sites (N-methyl/N-ethyl adjacent to an activating group) is 1. The molecule has 1 saturated carbocycles. The average Bonchev–Trinajstić information content (AvgIpc) is 2.71. The predicted molar refractivity (Wildman–Crippen MR) is 115 cm³/mol. The zero-order chi connectivity index (χ0) is 20.6. The molecule has 7 nitrogen and oxygen atoms in total. The highest BCUT2D eigenvalue weighted by atomic mass is 16.1. The van der Waals surface area contributed by atoms with Crippen molar-refractivity contribution in [3.05, 3.63) is 35.9 Å². The molecule has 7 heteroatoms. The van der Waals surface area contributed by atoms with E-state index in [-0.39, 0.29) is 5.78 Å². The largest absolute Gasteiger partial charge is 0.382 e. The van der Waals surface area contributed by atoms with Crippen LogP contribution in [0.15, 0.2) is 24.7 Å². The first-order chi connectivity index (χ1) is 14.0. The van der Waals surface area contributed by atoms with Crippen molar-refractivity contribution in [2.24, 2.45) is 0 Å². The van der Waals surface area contributed by atoms with Gasteiger partial charge in [-0.15, -0.1) is 6.42 Å². The Bertz CT molecular complexity index is 866. The Morgan fingerprint density at radius 2 is 1.90 bits per heavy atom. The first-order valence-corrected chi connectivity index (χ1v) is 10.0. The lowest BCUT2D eigenvalue weighted by Gasteiger charge is -2.25. The Labute approximate surface area is 172 Å². The van der Waals surface area contributed by atoms with Gasteiger partial charge >= 0.3 is 0 Å². The van der Waals surface area contributed by atoms with Crippen molar-refractivity contribution in [2.45, 2.75) is 44.6 Å². The molecule has 0 amide bonds. The van der Waals surface area contributed by atoms with Crippen LogP contribution in [0.4, 0.5) is 17.3 Å². The van der Waals surface area contributed by atoms with Crippen LogP contribution >= 0.6 is 0 Å². The van der Waals surface area contributed by atoms with Crippen molar-refractivity contribution in [3.63, 3.8) is 0 Å². The minimum absolute atomic E-state index is 0.167. The monoisotopic (exact) mass is 392 g/mol. The molecule has 2 N–H and O–H groups in total. The third-order valence-corrected chi connectivity index (χ3v) is 4.89. The summed E-state index contributed by atoms with van der Waals surface area (Å²) in [6.45, 7) is 0.417. The predicted octanol–water partition coefficient (Wildman–Crippen LogP) is 3.01. The third kappa shape index (κ3) is 6.26. The number of carbonyl (C=O) groups excluding carboxylic acids is 1. The summed E-state index contributed by atoms with van der Waals surface area (Å²) in [5, 5.41) is 6.80. The van der Waals surface area contributed by atoms with Gasteiger partial charge in [0.25, 0.3) is 0 Å². The number of nitrogens with zero attached hydrogens (tertiary/aromatic N) is 4. The average molecular weight is 393 g/mol. The maximum absolute atomic E-state index is 12.4. The van der Waals surface area contributed by atoms with Gasteiger partial charge in [0.05, 0.1) is 18.9 Å². The summed E-state index contributed by atoms with van der Waals surface area (Å²) in [4.78, 5) is 27.1. The van der Waals surface area contributed by atoms with E-state index in [1.54, 1.807) is 12.4 Å². The Morgan fingerprint density at radius 3 is 2.55 bits per heavy atom. The summed E-state index contributed by atoms with van der Waals surface area (Å²) in [7, 11) is 3.80. The van der Waals surface area contributed by atoms with E-state index in [1.807, 2.05) is 25.1 Å². The Kier molecular flexibility index (Phi) is 7.14. The molecule has 2 heterocycles. The standard InChI is InChI=1S/C22H28N6O/c1-4-17-13-25-22(14-23-17)27-21-11-20(26-18-8-6-5-7-9-18)16(12-24-21)10-19(29)15-28(2)3/h1,11-14,18H,5-10,15H2,2-3H3,(H2,24,25,26,27). The van der Waals surface area contributed by atoms with E-state index in [1.165, 1.54) is 25.5 Å². The van der Waals surface area contributed by atoms with E-state index < -0.39 is 0 Å². The van der Waals surface area contributed by atoms with Gasteiger partial charge in [0.2, 0.25) is 0 Å². The summed E-state index contributed by atoms with van der Waals surface area (Å²) >= 11 is 0. The SMILES string of the molecule is C#Cc1cnc(Nc2cc(NC3CCCCC3)c(CC(=O)CN(C)C)cn2)cn1. The van der Waals surface area contributed by atoms with Crippen molar-refractivity contribution >= 4 is 23.1 Å². The van der Waals surface area contributed by atoms with Crippen LogP contribution in [0.5, 0.6) is 0 Å². The number of carbonyl (C=O) groups is 1. The second-order valence-corrected chi connectivity index (χ2v) is 7.72. The lowest BCUT2D eigenvalue weighted by atomic mass is 9.95. The summed E-state index contributed by atoms with van der Waals surface area (Å²) < 4.78 is 0. The van der Waals surface area contributed by atoms with Crippen LogP contribution in [0, 0.1) is 12.3 Å². The van der Waals surface area contributed by atoms with Crippen LogP contribution in [0.1, 0.15) is 43.4 Å². The Hall–Kier alpha value is -2.98. The minimum Gasteiger partial charge on any atom is -0.382 e. The summed E-state index contributed by atoms with van der Waals surface area (Å²) in [6.07, 6.45) is 16.6. The molecule has 0 aliphatic heterocycles. The van der Waals surface area contributed by atoms with Gasteiger partial charge in [0.1, 0.15) is 17.3 Å². The molecule has 2 aromatic heterocycles. The molecule has 1 aliphatic rings. The minimum atomic E-state index is 0.167. The molecule has 0 atom stereocenters. The van der Waals surface area contributed by atoms with Crippen LogP contribution in [-0.4, -0.2) is 52.3 Å². The molecule has 1 fully saturated rings. The first kappa shape index (κ1) is 20.7. The van der Waals surface area contributed by atoms with Crippen LogP contribution < -0.4 is 10.6 Å². The Balaban J connectivity index is 1.79. The molecular weight excluding hydrogens is 364 g/mol. The van der Waals surface area contributed by atoms with Crippen molar-refractivity contribution in [2.75, 3.05) is 31.3 Å². The molecule has 2 aromatic rings. The van der Waals surface area contributed by atoms with Crippen molar-refractivity contribution < 1.29 is 4.79 Å². The molecule has 0 radical (unpaired) electrons. The van der Waals surface area contributed by atoms with Crippen LogP contribution in [-0.2, 0) is 11.2 Å². The third-order valence-electron chi connectivity index (χ3n) is 4.89. The number of ketones is 1. The van der Waals surface area contributed by atoms with Crippen molar-refractivity contribution in [1.82, 2.24) is 19.9 Å². The van der Waals surface area contributed by atoms with E-state index >= 15 is 0 Å². The van der Waals surface area contributed by atoms with Crippen LogP contribution in [0.25, 0.3) is 0 Å². The second kappa shape index (κ2) is 9.99. The zero-order valence-corrected chi connectivity index (χ0v) is 17.1. The van der Waals surface area contributed by atoms with Crippen LogP contribution in [0.2, 0.25) is 0 Å². The lowest BCUT2D eigenvalue weighted by Crippen LogP contribution is -2.25. The molecule has 3 rings (SSSR count). The quantitative estimate of drug-likeness (QED) is 0.668. The van der Waals surface area contributed by atoms with E-state index in [4.69, 9.17) is 6.42 Å². The number of aromatic nitrogens is 3. The lowest BCUT2D eigenvalue weighted by molar-refractivity contribution is -0.119. The number of anilines is 3. The van der Waals surface area contributed by atoms with Gasteiger partial charge in [-0.2, -0.15) is 0 Å². The van der Waals surface area contributed by atoms with Gasteiger partial charge in [-0.05, 0) is 32.9 Å². The highest BCUT2D eigenvalue weighted by Gasteiger charge is 2.17. The first-order valence-electron chi connectivity index (χ1n) is 10.0. The maximum atomic E-state index is 12.4. The van der Waals surface area contributed by atoms with Crippen molar-refractivity contribution in [1.29, 1.82) is 0 Å². The number of Topliss-reactive ketones (excluding diaryl/α,β-unsaturated/α-hetero) is 1. The molecule has 1 aliphatic carbocycles. The number of hydrogen-bond donors (Lipinski definition) is 2. The summed E-state index contributed by atoms with van der Waals surface area (Å²) in [5.41, 5.74) is 2.36. The summed E-state index contributed by atoms with van der Waals surface area (Å²) in [6, 6.07) is 2.38. The molecule has 0 spiro atoms. The van der Waals surface area contributed by atoms with E-state index in [9.17, 15) is 4.79 Å². The van der Waals surface area contributed by atoms with Gasteiger partial charge in [0.15, 0.2) is 5.78 Å². The van der Waals surface area contributed by atoms with Gasteiger partial charge in [-0.25, -0.2) is 15.0 Å². The fraction of sp³-hybridized carbons (Fsp3) is 0.455. The topological polar surface area (TPSA) is 83.0 Å². The zero-order valence-electron chi connectivity index (χ0n) is 17.1. The van der Waals surface area contributed by atoms with E-state index in [0.29, 0.717) is 36.3 Å². The maximum Gasteiger partial charge on any atom is 0.151 e. The number of hydrogen-bond acceptors (Lipinski definition) is 7. The van der Waals surface area contributed by atoms with Gasteiger partial charge < -0.3 is 15.5 Å². The smallest absolute Gasteiger partial charge is 0.151 e. The number of pyridine rings is 1. The number of nitrogens with one attached hydrogen (secondary N) is 2. The summed E-state index contributed by atoms with van der Waals surface area (Å²) in [5.74, 6) is 3.83. The van der Waals surface area contributed by atoms with Gasteiger partial charge in [-0.3, -0.25) is 4.79 Å². The molecule has 29 heavy (non-hydrogen) atoms. The molecule has 152 valence electrons. The fourth-order valence-corrected chi connectivity index (χ4v) is 3.51. The van der Waals surface area contributed by atoms with Gasteiger partial charge in [-0.1, -0.05) is 19.3 Å². The van der Waals surface area contributed by atoms with Crippen molar-refractivity contribution in [3.8, 4) is 12.3 Å². The normalized spacial score (nSPS) is 14.4. The highest BCUT2D eigenvalue weighted by molar-refractivity contribution is 5.84. The molecule has 0 aromatic carbocycles. The molecule has 0 saturated heterocycles. The fourth-order valence-electron chi connectivity index (χ4n) is 3.51. The van der Waals surface area contributed by atoms with Crippen LogP contribution in [0.3, 0.4) is 0 Å². The van der Waals surface area contributed by atoms with E-state index in [0.717, 1.165) is 24.1 Å². The second-order valence-electron chi connectivity index (χ2n) is 7.72. The number of rotatable bonds is 8. The number of terminal acetylenes is 1. The van der Waals surface area contributed by atoms with Gasteiger partial charge in [0, 0.05) is 36.0 Å².